The van der Waals surface area contributed by atoms with E-state index in [4.69, 9.17) is 0 Å². The van der Waals surface area contributed by atoms with Gasteiger partial charge in [-0.1, -0.05) is 18.2 Å². The summed E-state index contributed by atoms with van der Waals surface area (Å²) in [6.07, 6.45) is -3.92. The normalized spacial score (nSPS) is 11.3. The van der Waals surface area contributed by atoms with Crippen molar-refractivity contribution in [3.8, 4) is 16.9 Å². The van der Waals surface area contributed by atoms with Crippen LogP contribution < -0.4 is 0 Å². The van der Waals surface area contributed by atoms with E-state index < -0.39 is 17.5 Å². The Labute approximate surface area is 107 Å². The number of alkyl halides is 3. The Bertz CT molecular complexity index is 618. The molecule has 0 aromatic heterocycles. The minimum atomic E-state index is -4.53. The summed E-state index contributed by atoms with van der Waals surface area (Å²) in [6, 6.07) is 8.96. The van der Waals surface area contributed by atoms with Crippen LogP contribution in [0.2, 0.25) is 0 Å². The summed E-state index contributed by atoms with van der Waals surface area (Å²) >= 11 is 0. The van der Waals surface area contributed by atoms with Gasteiger partial charge in [-0.25, -0.2) is 0 Å². The standard InChI is InChI=1S/C14H9F3O2/c15-14(16,17)12-5-11(6-13(19)7-12)10-3-1-2-9(4-10)8-18/h1-8,19H. The van der Waals surface area contributed by atoms with E-state index in [1.54, 1.807) is 18.2 Å². The van der Waals surface area contributed by atoms with E-state index in [2.05, 4.69) is 0 Å². The number of rotatable bonds is 2. The molecule has 2 rings (SSSR count). The van der Waals surface area contributed by atoms with Crippen LogP contribution in [0.4, 0.5) is 13.2 Å². The van der Waals surface area contributed by atoms with Crippen molar-refractivity contribution in [1.82, 2.24) is 0 Å². The summed E-state index contributed by atoms with van der Waals surface area (Å²) in [5, 5.41) is 9.38. The Morgan fingerprint density at radius 1 is 1.00 bits per heavy atom. The fourth-order valence-corrected chi connectivity index (χ4v) is 1.73. The van der Waals surface area contributed by atoms with Gasteiger partial charge >= 0.3 is 6.18 Å². The summed E-state index contributed by atoms with van der Waals surface area (Å²) in [6.45, 7) is 0. The Kier molecular flexibility index (Phi) is 3.29. The van der Waals surface area contributed by atoms with E-state index in [1.165, 1.54) is 12.1 Å². The van der Waals surface area contributed by atoms with Crippen molar-refractivity contribution in [2.45, 2.75) is 6.18 Å². The predicted octanol–water partition coefficient (Wildman–Crippen LogP) is 3.89. The average molecular weight is 266 g/mol. The molecule has 0 spiro atoms. The quantitative estimate of drug-likeness (QED) is 0.837. The third-order valence-corrected chi connectivity index (χ3v) is 2.60. The van der Waals surface area contributed by atoms with Gasteiger partial charge in [0.05, 0.1) is 5.56 Å². The second-order valence-corrected chi connectivity index (χ2v) is 4.01. The second kappa shape index (κ2) is 4.76. The van der Waals surface area contributed by atoms with Crippen LogP contribution in [-0.2, 0) is 6.18 Å². The molecule has 1 N–H and O–H groups in total. The molecule has 0 fully saturated rings. The van der Waals surface area contributed by atoms with Crippen LogP contribution in [0.25, 0.3) is 11.1 Å². The highest BCUT2D eigenvalue weighted by Gasteiger charge is 2.31. The van der Waals surface area contributed by atoms with Crippen molar-refractivity contribution in [3.63, 3.8) is 0 Å². The highest BCUT2D eigenvalue weighted by atomic mass is 19.4. The lowest BCUT2D eigenvalue weighted by Crippen LogP contribution is -2.04. The Morgan fingerprint density at radius 3 is 2.37 bits per heavy atom. The molecule has 0 unspecified atom stereocenters. The number of hydrogen-bond donors (Lipinski definition) is 1. The molecule has 19 heavy (non-hydrogen) atoms. The van der Waals surface area contributed by atoms with Crippen molar-refractivity contribution in [1.29, 1.82) is 0 Å². The highest BCUT2D eigenvalue weighted by Crippen LogP contribution is 2.35. The van der Waals surface area contributed by atoms with Gasteiger partial charge in [0, 0.05) is 5.56 Å². The van der Waals surface area contributed by atoms with Crippen molar-refractivity contribution < 1.29 is 23.1 Å². The van der Waals surface area contributed by atoms with Gasteiger partial charge in [-0.05, 0) is 35.4 Å². The lowest BCUT2D eigenvalue weighted by molar-refractivity contribution is -0.137. The van der Waals surface area contributed by atoms with Crippen molar-refractivity contribution in [2.75, 3.05) is 0 Å². The largest absolute Gasteiger partial charge is 0.508 e. The summed E-state index contributed by atoms with van der Waals surface area (Å²) in [4.78, 5) is 10.7. The zero-order valence-electron chi connectivity index (χ0n) is 9.61. The summed E-state index contributed by atoms with van der Waals surface area (Å²) in [5.41, 5.74) is 0.0652. The Balaban J connectivity index is 2.55. The first-order valence-corrected chi connectivity index (χ1v) is 5.37. The fourth-order valence-electron chi connectivity index (χ4n) is 1.73. The first-order valence-electron chi connectivity index (χ1n) is 5.37. The number of aldehydes is 1. The summed E-state index contributed by atoms with van der Waals surface area (Å²) < 4.78 is 37.9. The summed E-state index contributed by atoms with van der Waals surface area (Å²) in [7, 11) is 0. The molecule has 0 bridgehead atoms. The van der Waals surface area contributed by atoms with Gasteiger partial charge in [0.25, 0.3) is 0 Å². The Hall–Kier alpha value is -2.30. The maximum atomic E-state index is 12.6. The van der Waals surface area contributed by atoms with Gasteiger partial charge in [0.1, 0.15) is 12.0 Å². The number of benzene rings is 2. The molecular formula is C14H9F3O2. The minimum Gasteiger partial charge on any atom is -0.508 e. The molecule has 0 amide bonds. The van der Waals surface area contributed by atoms with Crippen LogP contribution >= 0.6 is 0 Å². The number of carbonyl (C=O) groups is 1. The minimum absolute atomic E-state index is 0.205. The predicted molar refractivity (Wildman–Crippen MR) is 63.9 cm³/mol. The van der Waals surface area contributed by atoms with E-state index in [9.17, 15) is 23.1 Å². The zero-order chi connectivity index (χ0) is 14.0. The van der Waals surface area contributed by atoms with Crippen LogP contribution in [0.1, 0.15) is 15.9 Å². The van der Waals surface area contributed by atoms with Gasteiger partial charge in [0.15, 0.2) is 0 Å². The molecule has 0 aliphatic rings. The first kappa shape index (κ1) is 13.1. The third-order valence-electron chi connectivity index (χ3n) is 2.60. The Morgan fingerprint density at radius 2 is 1.74 bits per heavy atom. The first-order chi connectivity index (χ1) is 8.90. The van der Waals surface area contributed by atoms with Crippen LogP contribution in [0.3, 0.4) is 0 Å². The number of carbonyl (C=O) groups excluding carboxylic acids is 1. The number of phenols is 1. The van der Waals surface area contributed by atoms with Crippen molar-refractivity contribution >= 4 is 6.29 Å². The maximum Gasteiger partial charge on any atom is 0.416 e. The van der Waals surface area contributed by atoms with Crippen molar-refractivity contribution in [2.24, 2.45) is 0 Å². The smallest absolute Gasteiger partial charge is 0.416 e. The van der Waals surface area contributed by atoms with Gasteiger partial charge in [-0.3, -0.25) is 4.79 Å². The molecule has 0 saturated heterocycles. The average Bonchev–Trinajstić information content (AvgIpc) is 2.37. The molecule has 0 aliphatic heterocycles. The summed E-state index contributed by atoms with van der Waals surface area (Å²) in [5.74, 6) is -0.471. The number of aromatic hydroxyl groups is 1. The molecule has 2 nitrogen and oxygen atoms in total. The van der Waals surface area contributed by atoms with E-state index in [-0.39, 0.29) is 5.56 Å². The number of hydrogen-bond acceptors (Lipinski definition) is 2. The second-order valence-electron chi connectivity index (χ2n) is 4.01. The molecule has 2 aromatic carbocycles. The molecule has 0 aliphatic carbocycles. The lowest BCUT2D eigenvalue weighted by Gasteiger charge is -2.10. The topological polar surface area (TPSA) is 37.3 Å². The maximum absolute atomic E-state index is 12.6. The SMILES string of the molecule is O=Cc1cccc(-c2cc(O)cc(C(F)(F)F)c2)c1. The molecule has 0 atom stereocenters. The molecule has 0 heterocycles. The van der Waals surface area contributed by atoms with Crippen LogP contribution in [0.15, 0.2) is 42.5 Å². The van der Waals surface area contributed by atoms with Gasteiger partial charge in [-0.15, -0.1) is 0 Å². The highest BCUT2D eigenvalue weighted by molar-refractivity contribution is 5.79. The zero-order valence-corrected chi connectivity index (χ0v) is 9.61. The molecular weight excluding hydrogens is 257 g/mol. The van der Waals surface area contributed by atoms with Crippen LogP contribution in [0, 0.1) is 0 Å². The van der Waals surface area contributed by atoms with Crippen LogP contribution in [-0.4, -0.2) is 11.4 Å². The molecule has 98 valence electrons. The molecule has 0 radical (unpaired) electrons. The molecule has 0 saturated carbocycles. The van der Waals surface area contributed by atoms with E-state index in [0.717, 1.165) is 6.07 Å². The number of halogens is 3. The van der Waals surface area contributed by atoms with E-state index in [1.807, 2.05) is 0 Å². The van der Waals surface area contributed by atoms with Gasteiger partial charge < -0.3 is 5.11 Å². The monoisotopic (exact) mass is 266 g/mol. The molecule has 5 heteroatoms. The lowest BCUT2D eigenvalue weighted by atomic mass is 10.0. The molecule has 2 aromatic rings. The van der Waals surface area contributed by atoms with E-state index in [0.29, 0.717) is 23.5 Å². The number of phenolic OH excluding ortho intramolecular Hbond substituents is 1. The van der Waals surface area contributed by atoms with Gasteiger partial charge in [-0.2, -0.15) is 13.2 Å². The third kappa shape index (κ3) is 2.93. The van der Waals surface area contributed by atoms with Crippen LogP contribution in [0.5, 0.6) is 5.75 Å². The van der Waals surface area contributed by atoms with Crippen molar-refractivity contribution in [3.05, 3.63) is 53.6 Å². The van der Waals surface area contributed by atoms with E-state index >= 15 is 0 Å². The van der Waals surface area contributed by atoms with Gasteiger partial charge in [0.2, 0.25) is 0 Å². The fraction of sp³-hybridized carbons (Fsp3) is 0.0714.